The molecule has 0 radical (unpaired) electrons. The Morgan fingerprint density at radius 1 is 1.60 bits per heavy atom. The Hall–Kier alpha value is -1.36. The molecule has 0 saturated carbocycles. The van der Waals surface area contributed by atoms with E-state index in [0.29, 0.717) is 5.69 Å². The maximum atomic E-state index is 11.5. The number of carboxylic acids is 1. The third kappa shape index (κ3) is 2.79. The number of nitrogens with one attached hydrogen (secondary N) is 1. The molecule has 0 spiro atoms. The fourth-order valence-electron chi connectivity index (χ4n) is 1.29. The molecular weight excluding hydrogens is 220 g/mol. The molecule has 0 aliphatic rings. The summed E-state index contributed by atoms with van der Waals surface area (Å²) in [6, 6.07) is 0. The molecule has 0 atom stereocenters. The molecular formula is C9H11ClN2O3. The molecule has 0 saturated heterocycles. The third-order valence-corrected chi connectivity index (χ3v) is 2.07. The molecule has 0 aliphatic carbocycles. The maximum absolute atomic E-state index is 11.5. The molecule has 1 rings (SSSR count). The molecule has 6 heteroatoms. The maximum Gasteiger partial charge on any atom is 0.308 e. The van der Waals surface area contributed by atoms with Crippen molar-refractivity contribution in [2.75, 3.05) is 0 Å². The first-order valence-electron chi connectivity index (χ1n) is 4.42. The highest BCUT2D eigenvalue weighted by Crippen LogP contribution is 2.15. The van der Waals surface area contributed by atoms with Crippen molar-refractivity contribution in [3.05, 3.63) is 26.9 Å². The number of rotatable bonds is 3. The molecule has 0 bridgehead atoms. The van der Waals surface area contributed by atoms with E-state index >= 15 is 0 Å². The summed E-state index contributed by atoms with van der Waals surface area (Å²) in [6.45, 7) is 3.65. The van der Waals surface area contributed by atoms with E-state index in [-0.39, 0.29) is 23.2 Å². The minimum Gasteiger partial charge on any atom is -0.481 e. The van der Waals surface area contributed by atoms with Crippen LogP contribution >= 0.6 is 11.6 Å². The van der Waals surface area contributed by atoms with E-state index in [9.17, 15) is 9.59 Å². The van der Waals surface area contributed by atoms with Crippen LogP contribution in [0.3, 0.4) is 0 Å². The van der Waals surface area contributed by atoms with Gasteiger partial charge in [0, 0.05) is 0 Å². The lowest BCUT2D eigenvalue weighted by Gasteiger charge is -2.09. The molecule has 1 aromatic heterocycles. The van der Waals surface area contributed by atoms with Crippen molar-refractivity contribution < 1.29 is 9.90 Å². The average Bonchev–Trinajstić information content (AvgIpc) is 2.08. The molecule has 15 heavy (non-hydrogen) atoms. The quantitative estimate of drug-likeness (QED) is 0.764. The first kappa shape index (κ1) is 11.7. The predicted octanol–water partition coefficient (Wildman–Crippen LogP) is 1.17. The SMILES string of the molecule is CC(C)c1nc(Cl)[nH]c(=O)c1CC(=O)O. The van der Waals surface area contributed by atoms with E-state index in [4.69, 9.17) is 16.7 Å². The Morgan fingerprint density at radius 3 is 2.67 bits per heavy atom. The van der Waals surface area contributed by atoms with Crippen LogP contribution in [-0.2, 0) is 11.2 Å². The molecule has 0 unspecified atom stereocenters. The molecule has 0 aliphatic heterocycles. The summed E-state index contributed by atoms with van der Waals surface area (Å²) in [5.41, 5.74) is 0.120. The zero-order chi connectivity index (χ0) is 11.6. The Morgan fingerprint density at radius 2 is 2.20 bits per heavy atom. The van der Waals surface area contributed by atoms with Crippen molar-refractivity contribution in [1.29, 1.82) is 0 Å². The topological polar surface area (TPSA) is 83.0 Å². The summed E-state index contributed by atoms with van der Waals surface area (Å²) in [4.78, 5) is 28.2. The molecule has 0 fully saturated rings. The van der Waals surface area contributed by atoms with E-state index < -0.39 is 11.5 Å². The summed E-state index contributed by atoms with van der Waals surface area (Å²) in [6.07, 6.45) is -0.340. The van der Waals surface area contributed by atoms with Crippen molar-refractivity contribution in [2.45, 2.75) is 26.2 Å². The normalized spacial score (nSPS) is 10.7. The van der Waals surface area contributed by atoms with Crippen LogP contribution in [-0.4, -0.2) is 21.0 Å². The lowest BCUT2D eigenvalue weighted by molar-refractivity contribution is -0.136. The minimum atomic E-state index is -1.06. The number of halogens is 1. The van der Waals surface area contributed by atoms with Gasteiger partial charge >= 0.3 is 5.97 Å². The second-order valence-corrected chi connectivity index (χ2v) is 3.80. The van der Waals surface area contributed by atoms with Gasteiger partial charge in [-0.2, -0.15) is 0 Å². The molecule has 2 N–H and O–H groups in total. The second-order valence-electron chi connectivity index (χ2n) is 3.45. The first-order chi connectivity index (χ1) is 6.91. The van der Waals surface area contributed by atoms with Gasteiger partial charge < -0.3 is 5.11 Å². The number of H-pyrrole nitrogens is 1. The lowest BCUT2D eigenvalue weighted by Crippen LogP contribution is -2.21. The van der Waals surface area contributed by atoms with Gasteiger partial charge in [0.25, 0.3) is 5.56 Å². The number of aliphatic carboxylic acids is 1. The highest BCUT2D eigenvalue weighted by molar-refractivity contribution is 6.28. The number of aromatic amines is 1. The van der Waals surface area contributed by atoms with Crippen molar-refractivity contribution >= 4 is 17.6 Å². The summed E-state index contributed by atoms with van der Waals surface area (Å²) in [7, 11) is 0. The number of nitrogens with zero attached hydrogens (tertiary/aromatic N) is 1. The van der Waals surface area contributed by atoms with Crippen molar-refractivity contribution in [2.24, 2.45) is 0 Å². The highest BCUT2D eigenvalue weighted by Gasteiger charge is 2.16. The Balaban J connectivity index is 3.33. The van der Waals surface area contributed by atoms with Crippen LogP contribution in [0, 0.1) is 0 Å². The number of hydrogen-bond acceptors (Lipinski definition) is 3. The summed E-state index contributed by atoms with van der Waals surface area (Å²) >= 11 is 5.59. The Kier molecular flexibility index (Phi) is 3.47. The van der Waals surface area contributed by atoms with Gasteiger partial charge in [-0.3, -0.25) is 14.6 Å². The van der Waals surface area contributed by atoms with Gasteiger partial charge in [-0.05, 0) is 17.5 Å². The fourth-order valence-corrected chi connectivity index (χ4v) is 1.46. The minimum absolute atomic E-state index is 0.0159. The van der Waals surface area contributed by atoms with Crippen LogP contribution in [0.1, 0.15) is 31.0 Å². The van der Waals surface area contributed by atoms with Gasteiger partial charge in [0.2, 0.25) is 5.28 Å². The van der Waals surface area contributed by atoms with Gasteiger partial charge in [0.15, 0.2) is 0 Å². The monoisotopic (exact) mass is 230 g/mol. The van der Waals surface area contributed by atoms with Gasteiger partial charge in [-0.15, -0.1) is 0 Å². The van der Waals surface area contributed by atoms with Crippen molar-refractivity contribution in [1.82, 2.24) is 9.97 Å². The average molecular weight is 231 g/mol. The van der Waals surface area contributed by atoms with E-state index in [0.717, 1.165) is 0 Å². The first-order valence-corrected chi connectivity index (χ1v) is 4.80. The van der Waals surface area contributed by atoms with Gasteiger partial charge in [-0.25, -0.2) is 4.98 Å². The van der Waals surface area contributed by atoms with Gasteiger partial charge in [-0.1, -0.05) is 13.8 Å². The zero-order valence-electron chi connectivity index (χ0n) is 8.37. The Bertz CT molecular complexity index is 439. The number of aromatic nitrogens is 2. The van der Waals surface area contributed by atoms with Crippen LogP contribution in [0.4, 0.5) is 0 Å². The largest absolute Gasteiger partial charge is 0.481 e. The fraction of sp³-hybridized carbons (Fsp3) is 0.444. The van der Waals surface area contributed by atoms with E-state index in [1.165, 1.54) is 0 Å². The van der Waals surface area contributed by atoms with Crippen molar-refractivity contribution in [3.63, 3.8) is 0 Å². The van der Waals surface area contributed by atoms with E-state index in [1.807, 2.05) is 13.8 Å². The highest BCUT2D eigenvalue weighted by atomic mass is 35.5. The number of hydrogen-bond donors (Lipinski definition) is 2. The van der Waals surface area contributed by atoms with Crippen LogP contribution in [0.15, 0.2) is 4.79 Å². The molecule has 0 amide bonds. The summed E-state index contributed by atoms with van der Waals surface area (Å²) in [5, 5.41) is 8.64. The van der Waals surface area contributed by atoms with E-state index in [2.05, 4.69) is 9.97 Å². The third-order valence-electron chi connectivity index (χ3n) is 1.89. The zero-order valence-corrected chi connectivity index (χ0v) is 9.13. The van der Waals surface area contributed by atoms with Gasteiger partial charge in [0.05, 0.1) is 17.7 Å². The lowest BCUT2D eigenvalue weighted by atomic mass is 10.0. The smallest absolute Gasteiger partial charge is 0.308 e. The molecule has 1 heterocycles. The van der Waals surface area contributed by atoms with Crippen LogP contribution in [0.25, 0.3) is 0 Å². The second kappa shape index (κ2) is 4.44. The van der Waals surface area contributed by atoms with Crippen LogP contribution in [0.5, 0.6) is 0 Å². The van der Waals surface area contributed by atoms with E-state index in [1.54, 1.807) is 0 Å². The summed E-state index contributed by atoms with van der Waals surface area (Å²) < 4.78 is 0. The Labute approximate surface area is 91.1 Å². The van der Waals surface area contributed by atoms with Crippen molar-refractivity contribution in [3.8, 4) is 0 Å². The molecule has 1 aromatic rings. The standard InChI is InChI=1S/C9H11ClN2O3/c1-4(2)7-5(3-6(13)14)8(15)12-9(10)11-7/h4H,3H2,1-2H3,(H,13,14)(H,11,12,15). The predicted molar refractivity (Wildman–Crippen MR) is 55.3 cm³/mol. The molecule has 5 nitrogen and oxygen atoms in total. The van der Waals surface area contributed by atoms with Crippen LogP contribution in [0.2, 0.25) is 5.28 Å². The van der Waals surface area contributed by atoms with Gasteiger partial charge in [0.1, 0.15) is 0 Å². The molecule has 0 aromatic carbocycles. The number of carbonyl (C=O) groups is 1. The number of carboxylic acid groups (broad SMARTS) is 1. The summed E-state index contributed by atoms with van der Waals surface area (Å²) in [5.74, 6) is -1.11. The van der Waals surface area contributed by atoms with Crippen LogP contribution < -0.4 is 5.56 Å². The molecule has 82 valence electrons.